The number of nitrogens with zero attached hydrogens (tertiary/aromatic N) is 2. The SMILES string of the molecule is CC.Cc1cncc(-c2cn[nH]c2)c1. The lowest BCUT2D eigenvalue weighted by Gasteiger charge is -1.96. The molecule has 2 aromatic heterocycles. The summed E-state index contributed by atoms with van der Waals surface area (Å²) in [6.07, 6.45) is 7.31. The molecule has 0 spiro atoms. The van der Waals surface area contributed by atoms with Crippen molar-refractivity contribution < 1.29 is 0 Å². The number of rotatable bonds is 1. The van der Waals surface area contributed by atoms with Gasteiger partial charge in [0, 0.05) is 29.7 Å². The van der Waals surface area contributed by atoms with Crippen molar-refractivity contribution in [3.05, 3.63) is 36.4 Å². The lowest BCUT2D eigenvalue weighted by atomic mass is 10.1. The highest BCUT2D eigenvalue weighted by Gasteiger charge is 1.97. The van der Waals surface area contributed by atoms with E-state index in [1.54, 1.807) is 6.20 Å². The number of aryl methyl sites for hydroxylation is 1. The molecular formula is C11H15N3. The van der Waals surface area contributed by atoms with E-state index in [9.17, 15) is 0 Å². The molecule has 0 saturated heterocycles. The molecule has 0 radical (unpaired) electrons. The maximum atomic E-state index is 4.10. The molecule has 1 N–H and O–H groups in total. The zero-order valence-corrected chi connectivity index (χ0v) is 8.78. The van der Waals surface area contributed by atoms with Crippen molar-refractivity contribution in [2.45, 2.75) is 20.8 Å². The second kappa shape index (κ2) is 5.17. The van der Waals surface area contributed by atoms with Crippen LogP contribution < -0.4 is 0 Å². The van der Waals surface area contributed by atoms with Crippen molar-refractivity contribution in [1.29, 1.82) is 0 Å². The minimum Gasteiger partial charge on any atom is -0.285 e. The summed E-state index contributed by atoms with van der Waals surface area (Å²) in [5.41, 5.74) is 3.34. The molecule has 0 aliphatic heterocycles. The van der Waals surface area contributed by atoms with Gasteiger partial charge in [0.15, 0.2) is 0 Å². The molecule has 0 atom stereocenters. The van der Waals surface area contributed by atoms with E-state index in [2.05, 4.69) is 21.2 Å². The molecule has 0 aliphatic carbocycles. The molecule has 0 amide bonds. The molecule has 2 rings (SSSR count). The van der Waals surface area contributed by atoms with Crippen molar-refractivity contribution in [3.63, 3.8) is 0 Å². The number of aromatic amines is 1. The number of hydrogen-bond donors (Lipinski definition) is 1. The van der Waals surface area contributed by atoms with Crippen LogP contribution in [-0.4, -0.2) is 15.2 Å². The Hall–Kier alpha value is -1.64. The maximum absolute atomic E-state index is 4.10. The Labute approximate surface area is 84.2 Å². The Bertz CT molecular complexity index is 366. The quantitative estimate of drug-likeness (QED) is 0.749. The predicted molar refractivity (Wildman–Crippen MR) is 57.9 cm³/mol. The fourth-order valence-corrected chi connectivity index (χ4v) is 1.12. The largest absolute Gasteiger partial charge is 0.285 e. The van der Waals surface area contributed by atoms with Crippen LogP contribution in [0.25, 0.3) is 11.1 Å². The first kappa shape index (κ1) is 10.4. The van der Waals surface area contributed by atoms with E-state index >= 15 is 0 Å². The lowest BCUT2D eigenvalue weighted by Crippen LogP contribution is -1.79. The highest BCUT2D eigenvalue weighted by Crippen LogP contribution is 2.16. The monoisotopic (exact) mass is 189 g/mol. The van der Waals surface area contributed by atoms with Gasteiger partial charge in [0.25, 0.3) is 0 Å². The van der Waals surface area contributed by atoms with Crippen molar-refractivity contribution in [2.75, 3.05) is 0 Å². The van der Waals surface area contributed by atoms with Crippen LogP contribution in [0.3, 0.4) is 0 Å². The first-order chi connectivity index (χ1) is 6.86. The summed E-state index contributed by atoms with van der Waals surface area (Å²) in [5, 5.41) is 6.65. The third-order valence-corrected chi connectivity index (χ3v) is 1.71. The van der Waals surface area contributed by atoms with E-state index in [4.69, 9.17) is 0 Å². The average Bonchev–Trinajstić information content (AvgIpc) is 2.74. The van der Waals surface area contributed by atoms with Gasteiger partial charge in [-0.05, 0) is 18.6 Å². The van der Waals surface area contributed by atoms with Gasteiger partial charge in [-0.2, -0.15) is 5.10 Å². The first-order valence-electron chi connectivity index (χ1n) is 4.77. The van der Waals surface area contributed by atoms with Crippen molar-refractivity contribution in [1.82, 2.24) is 15.2 Å². The Morgan fingerprint density at radius 3 is 2.43 bits per heavy atom. The van der Waals surface area contributed by atoms with Crippen molar-refractivity contribution >= 4 is 0 Å². The molecule has 2 heterocycles. The second-order valence-corrected chi connectivity index (χ2v) is 2.74. The molecule has 0 aromatic carbocycles. The van der Waals surface area contributed by atoms with Crippen LogP contribution >= 0.6 is 0 Å². The van der Waals surface area contributed by atoms with Crippen LogP contribution in [0, 0.1) is 6.92 Å². The van der Waals surface area contributed by atoms with Gasteiger partial charge >= 0.3 is 0 Å². The van der Waals surface area contributed by atoms with Gasteiger partial charge < -0.3 is 0 Å². The summed E-state index contributed by atoms with van der Waals surface area (Å²) in [4.78, 5) is 4.10. The van der Waals surface area contributed by atoms with Crippen LogP contribution in [0.2, 0.25) is 0 Å². The normalized spacial score (nSPS) is 9.07. The van der Waals surface area contributed by atoms with Gasteiger partial charge in [-0.3, -0.25) is 10.1 Å². The van der Waals surface area contributed by atoms with Crippen LogP contribution in [0.15, 0.2) is 30.9 Å². The summed E-state index contributed by atoms with van der Waals surface area (Å²) in [6, 6.07) is 2.08. The molecule has 0 fully saturated rings. The zero-order chi connectivity index (χ0) is 10.4. The van der Waals surface area contributed by atoms with E-state index in [1.165, 1.54) is 0 Å². The van der Waals surface area contributed by atoms with Crippen LogP contribution in [0.5, 0.6) is 0 Å². The maximum Gasteiger partial charge on any atom is 0.0566 e. The van der Waals surface area contributed by atoms with Gasteiger partial charge in [0.1, 0.15) is 0 Å². The standard InChI is InChI=1S/C9H9N3.C2H6/c1-7-2-8(4-10-3-7)9-5-11-12-6-9;1-2/h2-6H,1H3,(H,11,12);1-2H3. The van der Waals surface area contributed by atoms with Gasteiger partial charge in [0.2, 0.25) is 0 Å². The van der Waals surface area contributed by atoms with Crippen LogP contribution in [-0.2, 0) is 0 Å². The number of H-pyrrole nitrogens is 1. The van der Waals surface area contributed by atoms with Gasteiger partial charge in [-0.15, -0.1) is 0 Å². The number of nitrogens with one attached hydrogen (secondary N) is 1. The van der Waals surface area contributed by atoms with E-state index in [0.29, 0.717) is 0 Å². The number of pyridine rings is 1. The minimum absolute atomic E-state index is 1.08. The molecule has 3 nitrogen and oxygen atoms in total. The van der Waals surface area contributed by atoms with Crippen LogP contribution in [0.4, 0.5) is 0 Å². The summed E-state index contributed by atoms with van der Waals surface area (Å²) < 4.78 is 0. The molecule has 0 aliphatic rings. The molecular weight excluding hydrogens is 174 g/mol. The third-order valence-electron chi connectivity index (χ3n) is 1.71. The Morgan fingerprint density at radius 1 is 1.07 bits per heavy atom. The molecule has 0 saturated carbocycles. The third kappa shape index (κ3) is 2.42. The number of hydrogen-bond acceptors (Lipinski definition) is 2. The van der Waals surface area contributed by atoms with Crippen molar-refractivity contribution in [2.24, 2.45) is 0 Å². The molecule has 3 heteroatoms. The fraction of sp³-hybridized carbons (Fsp3) is 0.273. The lowest BCUT2D eigenvalue weighted by molar-refractivity contribution is 1.09. The number of aromatic nitrogens is 3. The molecule has 0 unspecified atom stereocenters. The van der Waals surface area contributed by atoms with E-state index in [0.717, 1.165) is 16.7 Å². The van der Waals surface area contributed by atoms with E-state index < -0.39 is 0 Å². The molecule has 2 aromatic rings. The average molecular weight is 189 g/mol. The summed E-state index contributed by atoms with van der Waals surface area (Å²) in [6.45, 7) is 6.02. The second-order valence-electron chi connectivity index (χ2n) is 2.74. The van der Waals surface area contributed by atoms with E-state index in [1.807, 2.05) is 39.4 Å². The molecule has 14 heavy (non-hydrogen) atoms. The Balaban J connectivity index is 0.000000461. The van der Waals surface area contributed by atoms with Gasteiger partial charge in [-0.25, -0.2) is 0 Å². The topological polar surface area (TPSA) is 41.6 Å². The Morgan fingerprint density at radius 2 is 1.86 bits per heavy atom. The van der Waals surface area contributed by atoms with E-state index in [-0.39, 0.29) is 0 Å². The van der Waals surface area contributed by atoms with Crippen molar-refractivity contribution in [3.8, 4) is 11.1 Å². The summed E-state index contributed by atoms with van der Waals surface area (Å²) >= 11 is 0. The molecule has 74 valence electrons. The minimum atomic E-state index is 1.08. The van der Waals surface area contributed by atoms with Gasteiger partial charge in [-0.1, -0.05) is 13.8 Å². The summed E-state index contributed by atoms with van der Waals surface area (Å²) in [7, 11) is 0. The zero-order valence-electron chi connectivity index (χ0n) is 8.78. The predicted octanol–water partition coefficient (Wildman–Crippen LogP) is 2.81. The highest BCUT2D eigenvalue weighted by atomic mass is 15.1. The summed E-state index contributed by atoms with van der Waals surface area (Å²) in [5.74, 6) is 0. The smallest absolute Gasteiger partial charge is 0.0566 e. The Kier molecular flexibility index (Phi) is 3.85. The molecule has 0 bridgehead atoms. The van der Waals surface area contributed by atoms with Crippen LogP contribution in [0.1, 0.15) is 19.4 Å². The first-order valence-corrected chi connectivity index (χ1v) is 4.77. The van der Waals surface area contributed by atoms with Gasteiger partial charge in [0.05, 0.1) is 6.20 Å². The fourth-order valence-electron chi connectivity index (χ4n) is 1.12. The highest BCUT2D eigenvalue weighted by molar-refractivity contribution is 5.60.